The molecule has 0 aliphatic heterocycles. The van der Waals surface area contributed by atoms with Crippen LogP contribution in [-0.2, 0) is 26.4 Å². The van der Waals surface area contributed by atoms with Crippen molar-refractivity contribution in [3.63, 3.8) is 0 Å². The Bertz CT molecular complexity index is 734. The van der Waals surface area contributed by atoms with Gasteiger partial charge in [-0.15, -0.1) is 24.0 Å². The third-order valence-corrected chi connectivity index (χ3v) is 4.91. The summed E-state index contributed by atoms with van der Waals surface area (Å²) in [7, 11) is 3.84. The molecule has 0 radical (unpaired) electrons. The van der Waals surface area contributed by atoms with E-state index < -0.39 is 0 Å². The van der Waals surface area contributed by atoms with Gasteiger partial charge < -0.3 is 10.6 Å². The molecule has 1 aromatic heterocycles. The Balaban J connectivity index is 0.00000364. The minimum Gasteiger partial charge on any atom is -0.356 e. The molecule has 0 bridgehead atoms. The van der Waals surface area contributed by atoms with Crippen LogP contribution in [0.5, 0.6) is 0 Å². The normalized spacial score (nSPS) is 12.4. The van der Waals surface area contributed by atoms with E-state index in [0.29, 0.717) is 5.92 Å². The van der Waals surface area contributed by atoms with E-state index in [-0.39, 0.29) is 24.0 Å². The van der Waals surface area contributed by atoms with Crippen molar-refractivity contribution in [2.24, 2.45) is 12.0 Å². The fourth-order valence-electron chi connectivity index (χ4n) is 3.25. The molecule has 2 rings (SSSR count). The van der Waals surface area contributed by atoms with Crippen LogP contribution in [0.15, 0.2) is 29.3 Å². The van der Waals surface area contributed by atoms with Crippen LogP contribution in [0.3, 0.4) is 0 Å². The number of rotatable bonds is 7. The summed E-state index contributed by atoms with van der Waals surface area (Å²) in [6.07, 6.45) is 1.93. The van der Waals surface area contributed by atoms with Gasteiger partial charge in [-0.1, -0.05) is 50.6 Å². The van der Waals surface area contributed by atoms with Crippen LogP contribution < -0.4 is 10.6 Å². The molecule has 0 saturated carbocycles. The summed E-state index contributed by atoms with van der Waals surface area (Å²) < 4.78 is 2.01. The van der Waals surface area contributed by atoms with E-state index in [1.54, 1.807) is 0 Å². The van der Waals surface area contributed by atoms with E-state index in [1.807, 2.05) is 18.8 Å². The van der Waals surface area contributed by atoms with Crippen molar-refractivity contribution in [3.8, 4) is 0 Å². The lowest BCUT2D eigenvalue weighted by molar-refractivity contribution is 0.693. The number of hydrogen-bond donors (Lipinski definition) is 2. The van der Waals surface area contributed by atoms with Gasteiger partial charge in [0, 0.05) is 38.4 Å². The molecule has 150 valence electrons. The van der Waals surface area contributed by atoms with Gasteiger partial charge in [-0.05, 0) is 31.2 Å². The van der Waals surface area contributed by atoms with Gasteiger partial charge in [-0.25, -0.2) is 0 Å². The van der Waals surface area contributed by atoms with Gasteiger partial charge in [0.05, 0.1) is 5.69 Å². The molecular formula is C21H34IN5. The second-order valence-corrected chi connectivity index (χ2v) is 6.82. The highest BCUT2D eigenvalue weighted by Crippen LogP contribution is 2.16. The summed E-state index contributed by atoms with van der Waals surface area (Å²) in [6.45, 7) is 10.3. The van der Waals surface area contributed by atoms with Gasteiger partial charge >= 0.3 is 0 Å². The summed E-state index contributed by atoms with van der Waals surface area (Å²) in [5.41, 5.74) is 6.39. The summed E-state index contributed by atoms with van der Waals surface area (Å²) in [6, 6.07) is 8.74. The van der Waals surface area contributed by atoms with Gasteiger partial charge in [-0.2, -0.15) is 5.10 Å². The number of aryl methyl sites for hydroxylation is 3. The maximum Gasteiger partial charge on any atom is 0.191 e. The first-order chi connectivity index (χ1) is 12.5. The molecule has 1 aromatic carbocycles. The number of nitrogens with one attached hydrogen (secondary N) is 2. The molecule has 0 fully saturated rings. The molecule has 0 aliphatic rings. The number of hydrogen-bond acceptors (Lipinski definition) is 2. The zero-order valence-corrected chi connectivity index (χ0v) is 19.8. The molecule has 1 heterocycles. The van der Waals surface area contributed by atoms with Crippen molar-refractivity contribution in [3.05, 3.63) is 52.3 Å². The first-order valence-corrected chi connectivity index (χ1v) is 9.54. The molecule has 1 unspecified atom stereocenters. The van der Waals surface area contributed by atoms with Gasteiger partial charge in [0.25, 0.3) is 0 Å². The molecule has 6 heteroatoms. The van der Waals surface area contributed by atoms with Crippen molar-refractivity contribution < 1.29 is 0 Å². The van der Waals surface area contributed by atoms with Gasteiger partial charge in [0.1, 0.15) is 0 Å². The number of aromatic nitrogens is 2. The first-order valence-electron chi connectivity index (χ1n) is 9.54. The van der Waals surface area contributed by atoms with Crippen LogP contribution in [0.25, 0.3) is 0 Å². The lowest BCUT2D eigenvalue weighted by Gasteiger charge is -2.17. The maximum absolute atomic E-state index is 4.64. The standard InChI is InChI=1S/C21H33N5.HI/c1-7-19-18(20(8-2)26(6)25-19)14-24-21(22-5)23-13-16(4)17-11-9-15(3)10-12-17;/h9-12,16H,7-8,13-14H2,1-6H3,(H2,22,23,24);1H. The molecule has 1 atom stereocenters. The molecule has 0 aliphatic carbocycles. The maximum atomic E-state index is 4.64. The summed E-state index contributed by atoms with van der Waals surface area (Å²) in [5.74, 6) is 1.25. The topological polar surface area (TPSA) is 54.2 Å². The van der Waals surface area contributed by atoms with Crippen molar-refractivity contribution in [1.29, 1.82) is 0 Å². The molecule has 2 N–H and O–H groups in total. The number of aliphatic imine (C=N–C) groups is 1. The van der Waals surface area contributed by atoms with E-state index in [0.717, 1.165) is 31.9 Å². The Labute approximate surface area is 181 Å². The van der Waals surface area contributed by atoms with Crippen LogP contribution in [-0.4, -0.2) is 29.3 Å². The number of nitrogens with zero attached hydrogens (tertiary/aromatic N) is 3. The Morgan fingerprint density at radius 1 is 1.15 bits per heavy atom. The van der Waals surface area contributed by atoms with Gasteiger partial charge in [0.2, 0.25) is 0 Å². The molecule has 0 saturated heterocycles. The Morgan fingerprint density at radius 3 is 2.37 bits per heavy atom. The molecule has 0 spiro atoms. The van der Waals surface area contributed by atoms with Crippen molar-refractivity contribution in [1.82, 2.24) is 20.4 Å². The number of guanidine groups is 1. The van der Waals surface area contributed by atoms with Crippen molar-refractivity contribution in [2.75, 3.05) is 13.6 Å². The van der Waals surface area contributed by atoms with Crippen molar-refractivity contribution in [2.45, 2.75) is 53.0 Å². The number of halogens is 1. The first kappa shape index (κ1) is 23.5. The van der Waals surface area contributed by atoms with Gasteiger partial charge in [0.15, 0.2) is 5.96 Å². The van der Waals surface area contributed by atoms with Crippen LogP contribution in [0.4, 0.5) is 0 Å². The SMILES string of the molecule is CCc1nn(C)c(CC)c1CNC(=NC)NCC(C)c1ccc(C)cc1.I. The highest BCUT2D eigenvalue weighted by Gasteiger charge is 2.14. The van der Waals surface area contributed by atoms with Crippen LogP contribution in [0, 0.1) is 6.92 Å². The molecule has 27 heavy (non-hydrogen) atoms. The third-order valence-electron chi connectivity index (χ3n) is 4.91. The number of benzene rings is 1. The monoisotopic (exact) mass is 483 g/mol. The van der Waals surface area contributed by atoms with Crippen LogP contribution in [0.2, 0.25) is 0 Å². The minimum absolute atomic E-state index is 0. The van der Waals surface area contributed by atoms with Crippen molar-refractivity contribution >= 4 is 29.9 Å². The Hall–Kier alpha value is -1.57. The fraction of sp³-hybridized carbons (Fsp3) is 0.524. The highest BCUT2D eigenvalue weighted by molar-refractivity contribution is 14.0. The van der Waals surface area contributed by atoms with Crippen LogP contribution in [0.1, 0.15) is 54.8 Å². The quantitative estimate of drug-likeness (QED) is 0.357. The predicted octanol–water partition coefficient (Wildman–Crippen LogP) is 3.94. The largest absolute Gasteiger partial charge is 0.356 e. The average Bonchev–Trinajstić information content (AvgIpc) is 2.96. The molecule has 0 amide bonds. The lowest BCUT2D eigenvalue weighted by Crippen LogP contribution is -2.38. The average molecular weight is 483 g/mol. The van der Waals surface area contributed by atoms with Gasteiger partial charge in [-0.3, -0.25) is 9.67 Å². The predicted molar refractivity (Wildman–Crippen MR) is 125 cm³/mol. The third kappa shape index (κ3) is 6.23. The Morgan fingerprint density at radius 2 is 1.81 bits per heavy atom. The summed E-state index contributed by atoms with van der Waals surface area (Å²) in [4.78, 5) is 4.37. The molecule has 5 nitrogen and oxygen atoms in total. The zero-order valence-electron chi connectivity index (χ0n) is 17.5. The van der Waals surface area contributed by atoms with E-state index in [4.69, 9.17) is 0 Å². The lowest BCUT2D eigenvalue weighted by atomic mass is 10.0. The molecule has 2 aromatic rings. The smallest absolute Gasteiger partial charge is 0.191 e. The Kier molecular flexibility index (Phi) is 9.83. The minimum atomic E-state index is 0. The van der Waals surface area contributed by atoms with Crippen LogP contribution >= 0.6 is 24.0 Å². The van der Waals surface area contributed by atoms with E-state index in [1.165, 1.54) is 28.1 Å². The molecular weight excluding hydrogens is 449 g/mol. The highest BCUT2D eigenvalue weighted by atomic mass is 127. The van der Waals surface area contributed by atoms with E-state index >= 15 is 0 Å². The summed E-state index contributed by atoms with van der Waals surface area (Å²) >= 11 is 0. The second-order valence-electron chi connectivity index (χ2n) is 6.82. The fourth-order valence-corrected chi connectivity index (χ4v) is 3.25. The second kappa shape index (κ2) is 11.3. The van der Waals surface area contributed by atoms with E-state index in [9.17, 15) is 0 Å². The van der Waals surface area contributed by atoms with E-state index in [2.05, 4.69) is 72.7 Å². The summed E-state index contributed by atoms with van der Waals surface area (Å²) in [5, 5.41) is 11.5. The zero-order chi connectivity index (χ0) is 19.1.